The van der Waals surface area contributed by atoms with Crippen LogP contribution in [0.15, 0.2) is 38.0 Å². The number of nitrogens with two attached hydrogens (primary N) is 1. The highest BCUT2D eigenvalue weighted by Crippen LogP contribution is 2.03. The fourth-order valence-electron chi connectivity index (χ4n) is 1.10. The Balaban J connectivity index is 0.000000433. The lowest BCUT2D eigenvalue weighted by atomic mass is 10.1. The molecule has 1 aromatic rings. The van der Waals surface area contributed by atoms with E-state index in [-0.39, 0.29) is 0 Å². The van der Waals surface area contributed by atoms with E-state index < -0.39 is 25.4 Å². The average molecular weight is 297 g/mol. The van der Waals surface area contributed by atoms with Crippen LogP contribution in [-0.4, -0.2) is 68.7 Å². The molecule has 0 amide bonds. The summed E-state index contributed by atoms with van der Waals surface area (Å²) >= 11 is 0. The normalized spacial score (nSPS) is 10.3. The fraction of sp³-hybridized carbons (Fsp3) is 0.462. The van der Waals surface area contributed by atoms with E-state index in [9.17, 15) is 0 Å². The molecule has 1 rings (SSSR count). The predicted octanol–water partition coefficient (Wildman–Crippen LogP) is -1.29. The number of anilines is 1. The summed E-state index contributed by atoms with van der Waals surface area (Å²) < 4.78 is 0. The highest BCUT2D eigenvalue weighted by Gasteiger charge is 2.20. The molecule has 1 aromatic heterocycles. The van der Waals surface area contributed by atoms with Crippen molar-refractivity contribution >= 4 is 5.95 Å². The molecule has 8 heteroatoms. The summed E-state index contributed by atoms with van der Waals surface area (Å²) in [7, 11) is 0. The number of hydrogen-bond donors (Lipinski definition) is 4. The second-order valence-corrected chi connectivity index (χ2v) is 4.26. The lowest BCUT2D eigenvalue weighted by Gasteiger charge is -2.20. The van der Waals surface area contributed by atoms with Gasteiger partial charge in [-0.05, 0) is 0 Å². The van der Waals surface area contributed by atoms with Crippen LogP contribution in [0.1, 0.15) is 0 Å². The monoisotopic (exact) mass is 297 g/mol. The van der Waals surface area contributed by atoms with Crippen LogP contribution < -0.4 is 10.6 Å². The van der Waals surface area contributed by atoms with Gasteiger partial charge in [-0.15, -0.1) is 13.2 Å². The molecule has 5 N–H and O–H groups in total. The van der Waals surface area contributed by atoms with Crippen molar-refractivity contribution in [2.24, 2.45) is 5.73 Å². The van der Waals surface area contributed by atoms with Crippen molar-refractivity contribution in [1.29, 1.82) is 0 Å². The van der Waals surface area contributed by atoms with E-state index in [0.29, 0.717) is 19.0 Å². The first-order chi connectivity index (χ1) is 10.1. The van der Waals surface area contributed by atoms with Crippen molar-refractivity contribution in [3.63, 3.8) is 0 Å². The van der Waals surface area contributed by atoms with Crippen molar-refractivity contribution < 1.29 is 15.3 Å². The minimum absolute atomic E-state index is 0.403. The van der Waals surface area contributed by atoms with Gasteiger partial charge in [-0.1, -0.05) is 12.2 Å². The van der Waals surface area contributed by atoms with Gasteiger partial charge in [-0.3, -0.25) is 0 Å². The number of hydrogen-bond acceptors (Lipinski definition) is 8. The molecule has 1 heterocycles. The first-order valence-electron chi connectivity index (χ1n) is 6.27. The Hall–Kier alpha value is -1.87. The SMILES string of the molecule is C=CCN(CC=C)c1ncncn1.NC(CO)(CO)CO. The molecule has 0 saturated carbocycles. The fourth-order valence-corrected chi connectivity index (χ4v) is 1.10. The molecule has 0 unspecified atom stereocenters. The number of aliphatic hydroxyl groups excluding tert-OH is 3. The highest BCUT2D eigenvalue weighted by molar-refractivity contribution is 5.29. The first kappa shape index (κ1) is 19.1. The van der Waals surface area contributed by atoms with Crippen LogP contribution in [0.4, 0.5) is 5.95 Å². The molecule has 118 valence electrons. The summed E-state index contributed by atoms with van der Waals surface area (Å²) in [6, 6.07) is 0. The Labute approximate surface area is 124 Å². The summed E-state index contributed by atoms with van der Waals surface area (Å²) in [6.45, 7) is 7.52. The van der Waals surface area contributed by atoms with Crippen LogP contribution in [0.5, 0.6) is 0 Å². The van der Waals surface area contributed by atoms with Gasteiger partial charge in [-0.2, -0.15) is 0 Å². The average Bonchev–Trinajstić information content (AvgIpc) is 2.55. The maximum Gasteiger partial charge on any atom is 0.228 e. The number of aliphatic hydroxyl groups is 3. The van der Waals surface area contributed by atoms with E-state index >= 15 is 0 Å². The van der Waals surface area contributed by atoms with Crippen molar-refractivity contribution in [2.75, 3.05) is 37.8 Å². The number of aromatic nitrogens is 3. The van der Waals surface area contributed by atoms with E-state index in [4.69, 9.17) is 21.1 Å². The minimum atomic E-state index is -1.21. The summed E-state index contributed by atoms with van der Waals surface area (Å²) in [4.78, 5) is 13.7. The summed E-state index contributed by atoms with van der Waals surface area (Å²) in [6.07, 6.45) is 6.55. The highest BCUT2D eigenvalue weighted by atomic mass is 16.3. The zero-order valence-corrected chi connectivity index (χ0v) is 12.0. The van der Waals surface area contributed by atoms with Crippen LogP contribution in [0.25, 0.3) is 0 Å². The molecule has 0 spiro atoms. The lowest BCUT2D eigenvalue weighted by molar-refractivity contribution is 0.0698. The largest absolute Gasteiger partial charge is 0.394 e. The first-order valence-corrected chi connectivity index (χ1v) is 6.27. The molecule has 0 radical (unpaired) electrons. The number of nitrogens with zero attached hydrogens (tertiary/aromatic N) is 4. The third kappa shape index (κ3) is 7.47. The van der Waals surface area contributed by atoms with Crippen molar-refractivity contribution in [2.45, 2.75) is 5.54 Å². The second-order valence-electron chi connectivity index (χ2n) is 4.26. The van der Waals surface area contributed by atoms with Crippen molar-refractivity contribution in [3.05, 3.63) is 38.0 Å². The molecule has 8 nitrogen and oxygen atoms in total. The van der Waals surface area contributed by atoms with E-state index in [1.54, 1.807) is 12.2 Å². The van der Waals surface area contributed by atoms with Crippen LogP contribution in [-0.2, 0) is 0 Å². The predicted molar refractivity (Wildman–Crippen MR) is 80.6 cm³/mol. The van der Waals surface area contributed by atoms with Crippen LogP contribution in [0, 0.1) is 0 Å². The molecule has 0 saturated heterocycles. The van der Waals surface area contributed by atoms with Gasteiger partial charge in [0.2, 0.25) is 5.95 Å². The van der Waals surface area contributed by atoms with Gasteiger partial charge in [0, 0.05) is 13.1 Å². The van der Waals surface area contributed by atoms with Gasteiger partial charge in [0.25, 0.3) is 0 Å². The Morgan fingerprint density at radius 2 is 1.48 bits per heavy atom. The summed E-state index contributed by atoms with van der Waals surface area (Å²) in [5.74, 6) is 0.648. The third-order valence-corrected chi connectivity index (χ3v) is 2.41. The topological polar surface area (TPSA) is 129 Å². The number of rotatable bonds is 8. The van der Waals surface area contributed by atoms with E-state index in [2.05, 4.69) is 28.1 Å². The van der Waals surface area contributed by atoms with Gasteiger partial charge in [-0.25, -0.2) is 15.0 Å². The molecule has 0 aromatic carbocycles. The molecule has 0 aliphatic rings. The van der Waals surface area contributed by atoms with Gasteiger partial charge < -0.3 is 26.0 Å². The Morgan fingerprint density at radius 1 is 1.05 bits per heavy atom. The standard InChI is InChI=1S/C9H12N4.C4H11NO3/c1-3-5-13(6-4-2)9-11-7-10-8-12-9;5-4(1-6,2-7)3-8/h3-4,7-8H,1-2,5-6H2;6-8H,1-3,5H2. The maximum atomic E-state index is 8.34. The Kier molecular flexibility index (Phi) is 9.90. The third-order valence-electron chi connectivity index (χ3n) is 2.41. The summed E-state index contributed by atoms with van der Waals surface area (Å²) in [5.41, 5.74) is 3.94. The molecule has 21 heavy (non-hydrogen) atoms. The van der Waals surface area contributed by atoms with E-state index in [1.807, 2.05) is 4.90 Å². The van der Waals surface area contributed by atoms with Crippen molar-refractivity contribution in [1.82, 2.24) is 15.0 Å². The van der Waals surface area contributed by atoms with Gasteiger partial charge in [0.15, 0.2) is 0 Å². The molecule has 0 atom stereocenters. The van der Waals surface area contributed by atoms with E-state index in [0.717, 1.165) is 0 Å². The molecular formula is C13H23N5O3. The van der Waals surface area contributed by atoms with Crippen LogP contribution >= 0.6 is 0 Å². The molecule has 0 bridgehead atoms. The Bertz CT molecular complexity index is 380. The molecular weight excluding hydrogens is 274 g/mol. The minimum Gasteiger partial charge on any atom is -0.394 e. The van der Waals surface area contributed by atoms with Crippen molar-refractivity contribution in [3.8, 4) is 0 Å². The Morgan fingerprint density at radius 3 is 1.76 bits per heavy atom. The van der Waals surface area contributed by atoms with Crippen LogP contribution in [0.2, 0.25) is 0 Å². The van der Waals surface area contributed by atoms with Crippen LogP contribution in [0.3, 0.4) is 0 Å². The molecule has 0 aliphatic carbocycles. The zero-order valence-electron chi connectivity index (χ0n) is 12.0. The smallest absolute Gasteiger partial charge is 0.228 e. The molecule has 0 fully saturated rings. The zero-order chi connectivity index (χ0) is 16.1. The lowest BCUT2D eigenvalue weighted by Crippen LogP contribution is -2.50. The quantitative estimate of drug-likeness (QED) is 0.436. The maximum absolute atomic E-state index is 8.34. The second kappa shape index (κ2) is 10.9. The van der Waals surface area contributed by atoms with Gasteiger partial charge in [0.1, 0.15) is 12.7 Å². The van der Waals surface area contributed by atoms with Gasteiger partial charge in [0.05, 0.1) is 25.4 Å². The summed E-state index contributed by atoms with van der Waals surface area (Å²) in [5, 5.41) is 25.0. The molecule has 0 aliphatic heterocycles. The van der Waals surface area contributed by atoms with E-state index in [1.165, 1.54) is 12.7 Å². The van der Waals surface area contributed by atoms with Gasteiger partial charge >= 0.3 is 0 Å².